The fraction of sp³-hybridized carbons (Fsp3) is 0.700. The zero-order valence-electron chi connectivity index (χ0n) is 7.83. The number of amides is 1. The molecule has 2 atom stereocenters. The second-order valence-corrected chi connectivity index (χ2v) is 3.63. The molecule has 1 aliphatic rings. The van der Waals surface area contributed by atoms with E-state index in [4.69, 9.17) is 0 Å². The van der Waals surface area contributed by atoms with Crippen molar-refractivity contribution in [2.24, 2.45) is 5.92 Å². The predicted octanol–water partition coefficient (Wildman–Crippen LogP) is 0.840. The van der Waals surface area contributed by atoms with Crippen molar-refractivity contribution in [3.63, 3.8) is 0 Å². The molecule has 0 aromatic heterocycles. The Labute approximate surface area is 78.8 Å². The van der Waals surface area contributed by atoms with Crippen LogP contribution in [-0.4, -0.2) is 23.7 Å². The Morgan fingerprint density at radius 3 is 2.92 bits per heavy atom. The van der Waals surface area contributed by atoms with E-state index in [1.54, 1.807) is 6.08 Å². The Hall–Kier alpha value is -0.830. The van der Waals surface area contributed by atoms with Crippen molar-refractivity contribution < 1.29 is 9.90 Å². The molecule has 2 unspecified atom stereocenters. The largest absolute Gasteiger partial charge is 0.393 e. The van der Waals surface area contributed by atoms with Crippen LogP contribution < -0.4 is 5.32 Å². The van der Waals surface area contributed by atoms with Crippen LogP contribution in [0.15, 0.2) is 12.7 Å². The molecule has 13 heavy (non-hydrogen) atoms. The minimum Gasteiger partial charge on any atom is -0.393 e. The van der Waals surface area contributed by atoms with Gasteiger partial charge in [0.25, 0.3) is 0 Å². The van der Waals surface area contributed by atoms with Crippen molar-refractivity contribution in [3.8, 4) is 0 Å². The molecule has 0 heterocycles. The van der Waals surface area contributed by atoms with Gasteiger partial charge in [-0.3, -0.25) is 4.79 Å². The molecule has 3 heteroatoms. The first-order valence-electron chi connectivity index (χ1n) is 4.78. The molecule has 0 spiro atoms. The van der Waals surface area contributed by atoms with E-state index >= 15 is 0 Å². The van der Waals surface area contributed by atoms with E-state index in [2.05, 4.69) is 11.9 Å². The first-order chi connectivity index (χ1) is 6.22. The molecule has 74 valence electrons. The number of carbonyl (C=O) groups is 1. The third-order valence-corrected chi connectivity index (χ3v) is 2.43. The summed E-state index contributed by atoms with van der Waals surface area (Å²) in [6.07, 6.45) is 4.56. The Bertz CT molecular complexity index is 191. The SMILES string of the molecule is C=CCC(=O)NCC1CCC(O)C1. The van der Waals surface area contributed by atoms with Gasteiger partial charge in [0.15, 0.2) is 0 Å². The number of hydrogen-bond acceptors (Lipinski definition) is 2. The molecule has 0 radical (unpaired) electrons. The maximum atomic E-state index is 11.0. The van der Waals surface area contributed by atoms with E-state index in [0.717, 1.165) is 19.3 Å². The minimum atomic E-state index is -0.152. The highest BCUT2D eigenvalue weighted by Crippen LogP contribution is 2.24. The molecule has 1 fully saturated rings. The Balaban J connectivity index is 2.12. The highest BCUT2D eigenvalue weighted by Gasteiger charge is 2.22. The summed E-state index contributed by atoms with van der Waals surface area (Å²) in [6.45, 7) is 4.19. The van der Waals surface area contributed by atoms with Crippen LogP contribution in [0, 0.1) is 5.92 Å². The van der Waals surface area contributed by atoms with Crippen molar-refractivity contribution in [3.05, 3.63) is 12.7 Å². The quantitative estimate of drug-likeness (QED) is 0.634. The normalized spacial score (nSPS) is 27.2. The number of aliphatic hydroxyl groups excluding tert-OH is 1. The van der Waals surface area contributed by atoms with Crippen molar-refractivity contribution in [2.45, 2.75) is 31.8 Å². The molecule has 0 bridgehead atoms. The lowest BCUT2D eigenvalue weighted by Gasteiger charge is -2.09. The molecule has 2 N–H and O–H groups in total. The van der Waals surface area contributed by atoms with Crippen LogP contribution in [0.1, 0.15) is 25.7 Å². The highest BCUT2D eigenvalue weighted by atomic mass is 16.3. The second kappa shape index (κ2) is 5.02. The molecule has 0 saturated heterocycles. The fourth-order valence-electron chi connectivity index (χ4n) is 1.70. The summed E-state index contributed by atoms with van der Waals surface area (Å²) in [7, 11) is 0. The molecule has 1 amide bonds. The summed E-state index contributed by atoms with van der Waals surface area (Å²) in [4.78, 5) is 11.0. The monoisotopic (exact) mass is 183 g/mol. The van der Waals surface area contributed by atoms with Crippen molar-refractivity contribution in [2.75, 3.05) is 6.54 Å². The van der Waals surface area contributed by atoms with Crippen LogP contribution in [-0.2, 0) is 4.79 Å². The van der Waals surface area contributed by atoms with Gasteiger partial charge in [-0.2, -0.15) is 0 Å². The number of aliphatic hydroxyl groups is 1. The molecule has 0 aromatic rings. The first kappa shape index (κ1) is 10.3. The van der Waals surface area contributed by atoms with E-state index in [9.17, 15) is 9.90 Å². The van der Waals surface area contributed by atoms with Crippen LogP contribution in [0.3, 0.4) is 0 Å². The molecule has 0 aliphatic heterocycles. The van der Waals surface area contributed by atoms with E-state index < -0.39 is 0 Å². The summed E-state index contributed by atoms with van der Waals surface area (Å²) in [5.41, 5.74) is 0. The van der Waals surface area contributed by atoms with E-state index in [0.29, 0.717) is 18.9 Å². The van der Waals surface area contributed by atoms with E-state index in [1.165, 1.54) is 0 Å². The summed E-state index contributed by atoms with van der Waals surface area (Å²) in [5.74, 6) is 0.486. The van der Waals surface area contributed by atoms with Gasteiger partial charge in [0.2, 0.25) is 5.91 Å². The predicted molar refractivity (Wildman–Crippen MR) is 51.2 cm³/mol. The lowest BCUT2D eigenvalue weighted by Crippen LogP contribution is -2.27. The van der Waals surface area contributed by atoms with Crippen molar-refractivity contribution in [1.82, 2.24) is 5.32 Å². The molecular weight excluding hydrogens is 166 g/mol. The number of carbonyl (C=O) groups excluding carboxylic acids is 1. The Morgan fingerprint density at radius 2 is 2.38 bits per heavy atom. The average Bonchev–Trinajstić information content (AvgIpc) is 2.49. The summed E-state index contributed by atoms with van der Waals surface area (Å²) >= 11 is 0. The molecule has 0 aromatic carbocycles. The van der Waals surface area contributed by atoms with Crippen molar-refractivity contribution in [1.29, 1.82) is 0 Å². The summed E-state index contributed by atoms with van der Waals surface area (Å²) in [5, 5.41) is 12.1. The van der Waals surface area contributed by atoms with E-state index in [1.807, 2.05) is 0 Å². The van der Waals surface area contributed by atoms with Gasteiger partial charge >= 0.3 is 0 Å². The molecular formula is C10H17NO2. The molecule has 3 nitrogen and oxygen atoms in total. The van der Waals surface area contributed by atoms with Crippen LogP contribution in [0.25, 0.3) is 0 Å². The van der Waals surface area contributed by atoms with Gasteiger partial charge in [0, 0.05) is 13.0 Å². The molecule has 1 rings (SSSR count). The maximum Gasteiger partial charge on any atom is 0.223 e. The summed E-state index contributed by atoms with van der Waals surface area (Å²) in [6, 6.07) is 0. The van der Waals surface area contributed by atoms with Crippen molar-refractivity contribution >= 4 is 5.91 Å². The molecule has 1 aliphatic carbocycles. The highest BCUT2D eigenvalue weighted by molar-refractivity contribution is 5.77. The van der Waals surface area contributed by atoms with Crippen LogP contribution >= 0.6 is 0 Å². The zero-order chi connectivity index (χ0) is 9.68. The standard InChI is InChI=1S/C10H17NO2/c1-2-3-10(13)11-7-8-4-5-9(12)6-8/h2,8-9,12H,1,3-7H2,(H,11,13). The van der Waals surface area contributed by atoms with Gasteiger partial charge in [0.05, 0.1) is 6.10 Å². The van der Waals surface area contributed by atoms with Crippen LogP contribution in [0.4, 0.5) is 0 Å². The van der Waals surface area contributed by atoms with Crippen LogP contribution in [0.5, 0.6) is 0 Å². The van der Waals surface area contributed by atoms with Gasteiger partial charge in [-0.25, -0.2) is 0 Å². The topological polar surface area (TPSA) is 49.3 Å². The average molecular weight is 183 g/mol. The number of nitrogens with one attached hydrogen (secondary N) is 1. The summed E-state index contributed by atoms with van der Waals surface area (Å²) < 4.78 is 0. The van der Waals surface area contributed by atoms with Gasteiger partial charge in [0.1, 0.15) is 0 Å². The van der Waals surface area contributed by atoms with Gasteiger partial charge in [-0.1, -0.05) is 6.08 Å². The maximum absolute atomic E-state index is 11.0. The van der Waals surface area contributed by atoms with Gasteiger partial charge in [-0.15, -0.1) is 6.58 Å². The second-order valence-electron chi connectivity index (χ2n) is 3.63. The molecule has 1 saturated carbocycles. The Morgan fingerprint density at radius 1 is 1.62 bits per heavy atom. The lowest BCUT2D eigenvalue weighted by atomic mass is 10.1. The third-order valence-electron chi connectivity index (χ3n) is 2.43. The number of hydrogen-bond donors (Lipinski definition) is 2. The first-order valence-corrected chi connectivity index (χ1v) is 4.78. The smallest absolute Gasteiger partial charge is 0.223 e. The lowest BCUT2D eigenvalue weighted by molar-refractivity contribution is -0.120. The van der Waals surface area contributed by atoms with Crippen LogP contribution in [0.2, 0.25) is 0 Å². The third kappa shape index (κ3) is 3.59. The Kier molecular flexibility index (Phi) is 3.96. The number of rotatable bonds is 4. The van der Waals surface area contributed by atoms with Gasteiger partial charge in [-0.05, 0) is 25.2 Å². The minimum absolute atomic E-state index is 0.0244. The van der Waals surface area contributed by atoms with E-state index in [-0.39, 0.29) is 12.0 Å². The fourth-order valence-corrected chi connectivity index (χ4v) is 1.70. The van der Waals surface area contributed by atoms with Gasteiger partial charge < -0.3 is 10.4 Å². The zero-order valence-corrected chi connectivity index (χ0v) is 7.83.